The van der Waals surface area contributed by atoms with E-state index in [2.05, 4.69) is 10.5 Å². The molecule has 1 N–H and O–H groups in total. The first kappa shape index (κ1) is 26.9. The molecule has 5 rings (SSSR count). The molecule has 0 fully saturated rings. The van der Waals surface area contributed by atoms with Gasteiger partial charge in [0.25, 0.3) is 5.91 Å². The number of nitrogens with zero attached hydrogens (tertiary/aromatic N) is 1. The summed E-state index contributed by atoms with van der Waals surface area (Å²) in [6, 6.07) is 31.2. The number of hydrogen-bond donors (Lipinski definition) is 1. The molecule has 0 saturated heterocycles. The fourth-order valence-electron chi connectivity index (χ4n) is 3.69. The number of esters is 1. The molecule has 0 aliphatic carbocycles. The minimum Gasteiger partial charge on any atom is -0.489 e. The number of carbonyl (C=O) groups is 2. The number of amides is 1. The number of hydrogen-bond acceptors (Lipinski definition) is 7. The predicted molar refractivity (Wildman–Crippen MR) is 157 cm³/mol. The van der Waals surface area contributed by atoms with Crippen LogP contribution in [0, 0.1) is 0 Å². The van der Waals surface area contributed by atoms with Gasteiger partial charge in [0, 0.05) is 10.1 Å². The Bertz CT molecular complexity index is 1650. The van der Waals surface area contributed by atoms with Crippen molar-refractivity contribution in [3.8, 4) is 17.2 Å². The van der Waals surface area contributed by atoms with E-state index in [4.69, 9.17) is 25.8 Å². The smallest absolute Gasteiger partial charge is 0.355 e. The van der Waals surface area contributed by atoms with Gasteiger partial charge in [-0.3, -0.25) is 4.79 Å². The highest BCUT2D eigenvalue weighted by atomic mass is 35.5. The number of ether oxygens (including phenoxy) is 3. The zero-order chi connectivity index (χ0) is 27.7. The monoisotopic (exact) mass is 570 g/mol. The van der Waals surface area contributed by atoms with E-state index in [9.17, 15) is 9.59 Å². The van der Waals surface area contributed by atoms with Crippen molar-refractivity contribution in [2.24, 2.45) is 5.10 Å². The highest BCUT2D eigenvalue weighted by Crippen LogP contribution is 2.35. The quantitative estimate of drug-likeness (QED) is 0.0856. The third-order valence-corrected chi connectivity index (χ3v) is 7.29. The van der Waals surface area contributed by atoms with Crippen molar-refractivity contribution >= 4 is 51.1 Å². The van der Waals surface area contributed by atoms with Crippen molar-refractivity contribution in [3.05, 3.63) is 124 Å². The van der Waals surface area contributed by atoms with Gasteiger partial charge in [0.05, 0.1) is 11.2 Å². The number of thiophene rings is 1. The summed E-state index contributed by atoms with van der Waals surface area (Å²) in [6.07, 6.45) is 1.44. The maximum Gasteiger partial charge on any atom is 0.355 e. The van der Waals surface area contributed by atoms with Gasteiger partial charge in [0.15, 0.2) is 6.61 Å². The fourth-order valence-corrected chi connectivity index (χ4v) is 5.07. The topological polar surface area (TPSA) is 86.2 Å². The first-order valence-electron chi connectivity index (χ1n) is 12.3. The van der Waals surface area contributed by atoms with E-state index in [0.717, 1.165) is 15.6 Å². The second-order valence-corrected chi connectivity index (χ2v) is 9.96. The van der Waals surface area contributed by atoms with Gasteiger partial charge in [-0.2, -0.15) is 5.10 Å². The van der Waals surface area contributed by atoms with Crippen LogP contribution >= 0.6 is 22.9 Å². The average molecular weight is 571 g/mol. The molecule has 0 radical (unpaired) electrons. The molecule has 9 heteroatoms. The molecule has 1 aromatic heterocycles. The molecule has 7 nitrogen and oxygen atoms in total. The van der Waals surface area contributed by atoms with E-state index in [1.165, 1.54) is 17.6 Å². The van der Waals surface area contributed by atoms with Gasteiger partial charge in [-0.15, -0.1) is 11.3 Å². The first-order chi connectivity index (χ1) is 19.5. The molecule has 0 unspecified atom stereocenters. The van der Waals surface area contributed by atoms with Gasteiger partial charge >= 0.3 is 5.97 Å². The van der Waals surface area contributed by atoms with E-state index in [0.29, 0.717) is 39.3 Å². The second kappa shape index (κ2) is 12.9. The van der Waals surface area contributed by atoms with Gasteiger partial charge in [-0.1, -0.05) is 72.3 Å². The maximum absolute atomic E-state index is 12.7. The Kier molecular flexibility index (Phi) is 8.70. The Balaban J connectivity index is 1.08. The van der Waals surface area contributed by atoms with Gasteiger partial charge in [-0.25, -0.2) is 10.2 Å². The molecular weight excluding hydrogens is 548 g/mol. The van der Waals surface area contributed by atoms with Crippen LogP contribution in [0.1, 0.15) is 20.8 Å². The summed E-state index contributed by atoms with van der Waals surface area (Å²) in [4.78, 5) is 25.2. The van der Waals surface area contributed by atoms with Gasteiger partial charge in [0.1, 0.15) is 28.7 Å². The summed E-state index contributed by atoms with van der Waals surface area (Å²) < 4.78 is 17.7. The summed E-state index contributed by atoms with van der Waals surface area (Å²) in [5.74, 6) is 0.585. The zero-order valence-electron chi connectivity index (χ0n) is 21.1. The summed E-state index contributed by atoms with van der Waals surface area (Å²) in [6.45, 7) is 0.252. The molecule has 1 heterocycles. The van der Waals surface area contributed by atoms with Crippen LogP contribution in [0.3, 0.4) is 0 Å². The van der Waals surface area contributed by atoms with E-state index in [-0.39, 0.29) is 6.61 Å². The Morgan fingerprint density at radius 3 is 2.33 bits per heavy atom. The lowest BCUT2D eigenvalue weighted by atomic mass is 10.2. The number of fused-ring (bicyclic) bond motifs is 1. The van der Waals surface area contributed by atoms with Crippen molar-refractivity contribution in [1.82, 2.24) is 5.43 Å². The minimum atomic E-state index is -0.540. The number of nitrogens with one attached hydrogen (secondary N) is 1. The standard InChI is InChI=1S/C31H23ClN2O5S/c32-29-26-11-4-5-12-27(26)40-30(29)31(36)39-25-10-6-9-22(17-25)18-33-34-28(35)20-38-24-15-13-23(14-16-24)37-19-21-7-2-1-3-8-21/h1-18H,19-20H2,(H,34,35). The van der Waals surface area contributed by atoms with Crippen LogP contribution < -0.4 is 19.6 Å². The highest BCUT2D eigenvalue weighted by molar-refractivity contribution is 7.21. The van der Waals surface area contributed by atoms with Crippen LogP contribution in [-0.4, -0.2) is 24.7 Å². The van der Waals surface area contributed by atoms with Crippen molar-refractivity contribution in [2.45, 2.75) is 6.61 Å². The van der Waals surface area contributed by atoms with Crippen LogP contribution in [0.2, 0.25) is 5.02 Å². The number of hydrazone groups is 1. The summed E-state index contributed by atoms with van der Waals surface area (Å²) in [5.41, 5.74) is 4.12. The molecule has 0 spiro atoms. The Labute approximate surface area is 239 Å². The summed E-state index contributed by atoms with van der Waals surface area (Å²) in [7, 11) is 0. The lowest BCUT2D eigenvalue weighted by Crippen LogP contribution is -2.24. The molecule has 40 heavy (non-hydrogen) atoms. The molecule has 200 valence electrons. The Morgan fingerprint density at radius 1 is 0.825 bits per heavy atom. The van der Waals surface area contributed by atoms with Crippen LogP contribution in [0.15, 0.2) is 108 Å². The number of benzene rings is 4. The van der Waals surface area contributed by atoms with Crippen molar-refractivity contribution in [1.29, 1.82) is 0 Å². The summed E-state index contributed by atoms with van der Waals surface area (Å²) in [5, 5.41) is 5.15. The molecule has 0 aliphatic rings. The van der Waals surface area contributed by atoms with Crippen molar-refractivity contribution < 1.29 is 23.8 Å². The SMILES string of the molecule is O=C(COc1ccc(OCc2ccccc2)cc1)NN=Cc1cccc(OC(=O)c2sc3ccccc3c2Cl)c1. The molecule has 0 atom stereocenters. The third kappa shape index (κ3) is 7.05. The molecule has 0 saturated carbocycles. The second-order valence-electron chi connectivity index (χ2n) is 8.53. The Morgan fingerprint density at radius 2 is 1.55 bits per heavy atom. The number of carbonyl (C=O) groups excluding carboxylic acids is 2. The van der Waals surface area contributed by atoms with E-state index in [1.807, 2.05) is 54.6 Å². The molecule has 4 aromatic carbocycles. The van der Waals surface area contributed by atoms with Gasteiger partial charge in [-0.05, 0) is 53.6 Å². The number of halogens is 1. The zero-order valence-corrected chi connectivity index (χ0v) is 22.7. The Hall–Kier alpha value is -4.66. The lowest BCUT2D eigenvalue weighted by Gasteiger charge is -2.08. The molecule has 5 aromatic rings. The van der Waals surface area contributed by atoms with E-state index in [1.54, 1.807) is 48.5 Å². The third-order valence-electron chi connectivity index (χ3n) is 5.63. The summed E-state index contributed by atoms with van der Waals surface area (Å²) >= 11 is 7.66. The predicted octanol–water partition coefficient (Wildman–Crippen LogP) is 6.88. The van der Waals surface area contributed by atoms with Crippen LogP contribution in [0.4, 0.5) is 0 Å². The van der Waals surface area contributed by atoms with Crippen LogP contribution in [-0.2, 0) is 11.4 Å². The van der Waals surface area contributed by atoms with Gasteiger partial charge in [0.2, 0.25) is 0 Å². The van der Waals surface area contributed by atoms with E-state index < -0.39 is 11.9 Å². The fraction of sp³-hybridized carbons (Fsp3) is 0.0645. The maximum atomic E-state index is 12.7. The largest absolute Gasteiger partial charge is 0.489 e. The highest BCUT2D eigenvalue weighted by Gasteiger charge is 2.19. The van der Waals surface area contributed by atoms with Gasteiger partial charge < -0.3 is 14.2 Å². The number of rotatable bonds is 10. The first-order valence-corrected chi connectivity index (χ1v) is 13.5. The van der Waals surface area contributed by atoms with E-state index >= 15 is 0 Å². The molecular formula is C31H23ClN2O5S. The minimum absolute atomic E-state index is 0.213. The lowest BCUT2D eigenvalue weighted by molar-refractivity contribution is -0.123. The molecule has 1 amide bonds. The average Bonchev–Trinajstić information content (AvgIpc) is 3.33. The molecule has 0 aliphatic heterocycles. The van der Waals surface area contributed by atoms with Crippen molar-refractivity contribution in [2.75, 3.05) is 6.61 Å². The molecule has 0 bridgehead atoms. The normalized spacial score (nSPS) is 10.9. The van der Waals surface area contributed by atoms with Crippen LogP contribution in [0.5, 0.6) is 17.2 Å². The van der Waals surface area contributed by atoms with Crippen LogP contribution in [0.25, 0.3) is 10.1 Å². The van der Waals surface area contributed by atoms with Crippen molar-refractivity contribution in [3.63, 3.8) is 0 Å².